The lowest BCUT2D eigenvalue weighted by molar-refractivity contribution is -0.142. The van der Waals surface area contributed by atoms with Crippen LogP contribution in [0.5, 0.6) is 0 Å². The molecule has 5 amide bonds. The second-order valence-corrected chi connectivity index (χ2v) is 20.5. The van der Waals surface area contributed by atoms with Crippen LogP contribution in [0.15, 0.2) is 257 Å². The van der Waals surface area contributed by atoms with Gasteiger partial charge in [0.15, 0.2) is 0 Å². The topological polar surface area (TPSA) is 95.1 Å². The van der Waals surface area contributed by atoms with Crippen LogP contribution in [0, 0.1) is 0 Å². The van der Waals surface area contributed by atoms with Crippen molar-refractivity contribution in [3.8, 4) is 0 Å². The smallest absolute Gasteiger partial charge is 0.261 e. The summed E-state index contributed by atoms with van der Waals surface area (Å²) in [6, 6.07) is 77.1. The lowest BCUT2D eigenvalue weighted by Crippen LogP contribution is -2.59. The second-order valence-electron chi connectivity index (χ2n) is 16.8. The van der Waals surface area contributed by atoms with Crippen LogP contribution >= 0.6 is 35.3 Å². The van der Waals surface area contributed by atoms with Gasteiger partial charge in [0.1, 0.15) is 15.7 Å². The monoisotopic (exact) mass is 987 g/mol. The molecule has 0 spiro atoms. The third-order valence-corrected chi connectivity index (χ3v) is 16.1. The molecular weight excluding hydrogens is 939 g/mol. The van der Waals surface area contributed by atoms with Gasteiger partial charge in [-0.15, -0.1) is 35.3 Å². The van der Waals surface area contributed by atoms with Crippen molar-refractivity contribution in [2.24, 2.45) is 0 Å². The van der Waals surface area contributed by atoms with Crippen molar-refractivity contribution in [1.29, 1.82) is 0 Å². The first kappa shape index (κ1) is 48.6. The molecule has 0 saturated carbocycles. The number of β-lactam (4-membered cyclic amide) rings is 3. The molecule has 352 valence electrons. The maximum Gasteiger partial charge on any atom is 0.261 e. The SMILES string of the molecule is CN1C(=O)[C@@H](Sc2ccccc2)[C@@H]1c1ccccc1.O=C(c1ccccc1)N1C(=O)[C@@H](Sc2ccccc2)[C@@H]1c1ccccc1.O=C(c1ccccc1)N1C(=O)[C@H](Sc2ccccc2)[C@@H]1c1ccccc1. The molecule has 0 N–H and O–H groups in total. The predicted octanol–water partition coefficient (Wildman–Crippen LogP) is 12.5. The Morgan fingerprint density at radius 2 is 0.563 bits per heavy atom. The zero-order valence-electron chi connectivity index (χ0n) is 38.7. The van der Waals surface area contributed by atoms with Crippen LogP contribution in [-0.4, -0.2) is 67.0 Å². The number of benzene rings is 8. The molecule has 6 atom stereocenters. The number of hydrogen-bond donors (Lipinski definition) is 0. The van der Waals surface area contributed by atoms with E-state index < -0.39 is 0 Å². The molecule has 0 unspecified atom stereocenters. The first-order chi connectivity index (χ1) is 34.8. The van der Waals surface area contributed by atoms with Crippen molar-refractivity contribution < 1.29 is 24.0 Å². The summed E-state index contributed by atoms with van der Waals surface area (Å²) in [4.78, 5) is 71.4. The lowest BCUT2D eigenvalue weighted by atomic mass is 9.92. The van der Waals surface area contributed by atoms with E-state index in [1.807, 2.05) is 206 Å². The lowest BCUT2D eigenvalue weighted by Gasteiger charge is -2.45. The molecule has 11 rings (SSSR count). The normalized spacial score (nSPS) is 19.9. The molecule has 3 aliphatic heterocycles. The largest absolute Gasteiger partial charge is 0.336 e. The number of rotatable bonds is 11. The Morgan fingerprint density at radius 3 is 0.859 bits per heavy atom. The first-order valence-corrected chi connectivity index (χ1v) is 25.8. The fraction of sp³-hybridized carbons (Fsp3) is 0.117. The third-order valence-electron chi connectivity index (χ3n) is 12.3. The highest BCUT2D eigenvalue weighted by molar-refractivity contribution is 8.01. The van der Waals surface area contributed by atoms with E-state index in [1.165, 1.54) is 38.9 Å². The van der Waals surface area contributed by atoms with Gasteiger partial charge in [0, 0.05) is 32.9 Å². The average Bonchev–Trinajstić information content (AvgIpc) is 3.44. The summed E-state index contributed by atoms with van der Waals surface area (Å²) in [6.45, 7) is 0. The predicted molar refractivity (Wildman–Crippen MR) is 284 cm³/mol. The molecule has 3 fully saturated rings. The van der Waals surface area contributed by atoms with E-state index in [0.717, 1.165) is 25.8 Å². The second kappa shape index (κ2) is 23.0. The van der Waals surface area contributed by atoms with Gasteiger partial charge in [-0.25, -0.2) is 0 Å². The van der Waals surface area contributed by atoms with E-state index in [4.69, 9.17) is 0 Å². The van der Waals surface area contributed by atoms with Crippen LogP contribution in [-0.2, 0) is 14.4 Å². The summed E-state index contributed by atoms with van der Waals surface area (Å²) in [5.74, 6) is -0.547. The Kier molecular flexibility index (Phi) is 15.7. The number of thioether (sulfide) groups is 3. The quantitative estimate of drug-likeness (QED) is 0.0934. The van der Waals surface area contributed by atoms with Crippen molar-refractivity contribution in [1.82, 2.24) is 14.7 Å². The van der Waals surface area contributed by atoms with Gasteiger partial charge in [-0.3, -0.25) is 33.8 Å². The molecule has 8 aromatic rings. The Bertz CT molecular complexity index is 2900. The summed E-state index contributed by atoms with van der Waals surface area (Å²) >= 11 is 4.68. The summed E-state index contributed by atoms with van der Waals surface area (Å²) in [7, 11) is 1.88. The number of nitrogens with zero attached hydrogens (tertiary/aromatic N) is 3. The van der Waals surface area contributed by atoms with Crippen molar-refractivity contribution >= 4 is 64.8 Å². The van der Waals surface area contributed by atoms with E-state index in [0.29, 0.717) is 11.1 Å². The molecule has 8 aromatic carbocycles. The van der Waals surface area contributed by atoms with E-state index >= 15 is 0 Å². The molecule has 11 heteroatoms. The van der Waals surface area contributed by atoms with Crippen molar-refractivity contribution in [2.45, 2.75) is 48.6 Å². The molecule has 8 nitrogen and oxygen atoms in total. The van der Waals surface area contributed by atoms with Crippen LogP contribution in [0.4, 0.5) is 0 Å². The Hall–Kier alpha value is -7.44. The fourth-order valence-corrected chi connectivity index (χ4v) is 12.5. The highest BCUT2D eigenvalue weighted by Gasteiger charge is 2.53. The number of likely N-dealkylation sites (tertiary alicyclic amines) is 3. The van der Waals surface area contributed by atoms with Gasteiger partial charge >= 0.3 is 0 Å². The molecule has 0 aliphatic carbocycles. The van der Waals surface area contributed by atoms with Gasteiger partial charge in [0.05, 0.1) is 18.1 Å². The molecule has 0 aromatic heterocycles. The molecular formula is C60H49N3O5S3. The average molecular weight is 988 g/mol. The minimum absolute atomic E-state index is 0.00481. The maximum atomic E-state index is 12.9. The van der Waals surface area contributed by atoms with Crippen molar-refractivity contribution in [3.05, 3.63) is 270 Å². The molecule has 3 saturated heterocycles. The molecule has 0 bridgehead atoms. The van der Waals surface area contributed by atoms with Gasteiger partial charge in [0.2, 0.25) is 17.7 Å². The van der Waals surface area contributed by atoms with Crippen LogP contribution < -0.4 is 0 Å². The van der Waals surface area contributed by atoms with E-state index in [1.54, 1.807) is 36.0 Å². The van der Waals surface area contributed by atoms with E-state index in [2.05, 4.69) is 24.3 Å². The van der Waals surface area contributed by atoms with E-state index in [-0.39, 0.29) is 63.4 Å². The minimum Gasteiger partial charge on any atom is -0.336 e. The van der Waals surface area contributed by atoms with Crippen LogP contribution in [0.1, 0.15) is 55.5 Å². The minimum atomic E-state index is -0.299. The zero-order chi connectivity index (χ0) is 49.1. The van der Waals surface area contributed by atoms with Gasteiger partial charge in [-0.05, 0) is 77.4 Å². The summed E-state index contributed by atoms with van der Waals surface area (Å²) in [5.41, 5.74) is 4.22. The number of hydrogen-bond acceptors (Lipinski definition) is 8. The molecule has 3 heterocycles. The van der Waals surface area contributed by atoms with Gasteiger partial charge in [-0.2, -0.15) is 0 Å². The highest BCUT2D eigenvalue weighted by Crippen LogP contribution is 2.47. The number of carbonyl (C=O) groups is 5. The summed E-state index contributed by atoms with van der Waals surface area (Å²) in [6.07, 6.45) is 0. The standard InChI is InChI=1S/2C22H17NO2S.C16H15NOS/c2*24-21(17-12-6-2-7-13-17)23-19(16-10-4-1-5-11-16)20(22(23)25)26-18-14-8-3-9-15-18;1-17-14(12-8-4-2-5-9-12)15(16(17)18)19-13-10-6-3-7-11-13/h2*1-15,19-20H;2-11,14-15H,1H3/t19-,20+;19-,20-;14-,15-/m000/s1. The van der Waals surface area contributed by atoms with Crippen LogP contribution in [0.3, 0.4) is 0 Å². The summed E-state index contributed by atoms with van der Waals surface area (Å²) < 4.78 is 0. The van der Waals surface area contributed by atoms with Crippen LogP contribution in [0.2, 0.25) is 0 Å². The molecule has 71 heavy (non-hydrogen) atoms. The summed E-state index contributed by atoms with van der Waals surface area (Å²) in [5, 5.41) is -0.602. The zero-order valence-corrected chi connectivity index (χ0v) is 41.1. The third kappa shape index (κ3) is 11.0. The van der Waals surface area contributed by atoms with Gasteiger partial charge in [-0.1, -0.05) is 182 Å². The van der Waals surface area contributed by atoms with Crippen LogP contribution in [0.25, 0.3) is 0 Å². The maximum absolute atomic E-state index is 12.9. The van der Waals surface area contributed by atoms with E-state index in [9.17, 15) is 24.0 Å². The number of imide groups is 2. The number of amides is 5. The van der Waals surface area contributed by atoms with Gasteiger partial charge < -0.3 is 4.90 Å². The fourth-order valence-electron chi connectivity index (χ4n) is 8.69. The number of carbonyl (C=O) groups excluding carboxylic acids is 5. The molecule has 3 aliphatic rings. The van der Waals surface area contributed by atoms with Crippen molar-refractivity contribution in [2.75, 3.05) is 7.05 Å². The Balaban J connectivity index is 0.000000134. The van der Waals surface area contributed by atoms with Crippen molar-refractivity contribution in [3.63, 3.8) is 0 Å². The Labute approximate surface area is 427 Å². The Morgan fingerprint density at radius 1 is 0.324 bits per heavy atom. The molecule has 0 radical (unpaired) electrons. The highest BCUT2D eigenvalue weighted by atomic mass is 32.2. The first-order valence-electron chi connectivity index (χ1n) is 23.2. The van der Waals surface area contributed by atoms with Gasteiger partial charge in [0.25, 0.3) is 11.8 Å².